The van der Waals surface area contributed by atoms with Crippen LogP contribution in [0, 0.1) is 5.92 Å². The van der Waals surface area contributed by atoms with Crippen LogP contribution in [0.25, 0.3) is 0 Å². The summed E-state index contributed by atoms with van der Waals surface area (Å²) in [6, 6.07) is 0.274. The molecule has 2 unspecified atom stereocenters. The van der Waals surface area contributed by atoms with E-state index in [0.29, 0.717) is 18.5 Å². The summed E-state index contributed by atoms with van der Waals surface area (Å²) in [5, 5.41) is 2.66. The van der Waals surface area contributed by atoms with Crippen molar-refractivity contribution < 1.29 is 4.79 Å². The molecule has 14 heavy (non-hydrogen) atoms. The van der Waals surface area contributed by atoms with Gasteiger partial charge in [-0.3, -0.25) is 9.69 Å². The second kappa shape index (κ2) is 4.75. The molecule has 1 amide bonds. The van der Waals surface area contributed by atoms with E-state index in [4.69, 9.17) is 5.73 Å². The van der Waals surface area contributed by atoms with Crippen LogP contribution >= 0.6 is 0 Å². The molecule has 0 bridgehead atoms. The Balaban J connectivity index is 2.52. The van der Waals surface area contributed by atoms with Crippen molar-refractivity contribution in [2.75, 3.05) is 20.6 Å². The van der Waals surface area contributed by atoms with Crippen LogP contribution in [-0.4, -0.2) is 43.5 Å². The third-order valence-electron chi connectivity index (χ3n) is 3.17. The largest absolute Gasteiger partial charge is 0.358 e. The molecule has 0 heterocycles. The monoisotopic (exact) mass is 199 g/mol. The molecule has 0 aromatic carbocycles. The topological polar surface area (TPSA) is 58.4 Å². The van der Waals surface area contributed by atoms with Crippen molar-refractivity contribution in [3.05, 3.63) is 0 Å². The minimum atomic E-state index is -0.0888. The number of hydrogen-bond donors (Lipinski definition) is 2. The highest BCUT2D eigenvalue weighted by Gasteiger charge is 2.35. The number of nitrogens with one attached hydrogen (secondary N) is 1. The molecule has 0 radical (unpaired) electrons. The van der Waals surface area contributed by atoms with Crippen molar-refractivity contribution in [3.63, 3.8) is 0 Å². The van der Waals surface area contributed by atoms with E-state index in [9.17, 15) is 4.79 Å². The third kappa shape index (κ3) is 2.45. The molecule has 0 spiro atoms. The van der Waals surface area contributed by atoms with Gasteiger partial charge in [0, 0.05) is 19.6 Å². The van der Waals surface area contributed by atoms with Gasteiger partial charge in [-0.2, -0.15) is 0 Å². The van der Waals surface area contributed by atoms with Crippen LogP contribution < -0.4 is 11.1 Å². The molecule has 1 saturated carbocycles. The van der Waals surface area contributed by atoms with Crippen LogP contribution in [0.4, 0.5) is 0 Å². The molecule has 2 atom stereocenters. The lowest BCUT2D eigenvalue weighted by Gasteiger charge is -2.31. The summed E-state index contributed by atoms with van der Waals surface area (Å²) in [6.07, 6.45) is 2.51. The quantitative estimate of drug-likeness (QED) is 0.644. The average molecular weight is 199 g/mol. The maximum Gasteiger partial charge on any atom is 0.236 e. The Labute approximate surface area is 85.8 Å². The Morgan fingerprint density at radius 2 is 2.21 bits per heavy atom. The molecule has 4 nitrogen and oxygen atoms in total. The first kappa shape index (κ1) is 11.5. The van der Waals surface area contributed by atoms with Gasteiger partial charge in [0.1, 0.15) is 0 Å². The predicted octanol–water partition coefficient (Wildman–Crippen LogP) is -0.210. The van der Waals surface area contributed by atoms with Gasteiger partial charge in [-0.1, -0.05) is 0 Å². The maximum absolute atomic E-state index is 11.4. The molecule has 0 saturated heterocycles. The summed E-state index contributed by atoms with van der Waals surface area (Å²) in [5.41, 5.74) is 5.72. The Morgan fingerprint density at radius 1 is 1.64 bits per heavy atom. The number of carbonyl (C=O) groups excluding carboxylic acids is 1. The highest BCUT2D eigenvalue weighted by molar-refractivity contribution is 5.80. The number of carbonyl (C=O) groups is 1. The summed E-state index contributed by atoms with van der Waals surface area (Å²) in [5.74, 6) is 0.767. The lowest BCUT2D eigenvalue weighted by atomic mass is 10.1. The van der Waals surface area contributed by atoms with Crippen LogP contribution in [0.1, 0.15) is 19.8 Å². The molecule has 0 aromatic rings. The average Bonchev–Trinajstić information content (AvgIpc) is 3.00. The van der Waals surface area contributed by atoms with Crippen molar-refractivity contribution in [1.29, 1.82) is 0 Å². The summed E-state index contributed by atoms with van der Waals surface area (Å²) in [6.45, 7) is 2.56. The van der Waals surface area contributed by atoms with E-state index < -0.39 is 0 Å². The van der Waals surface area contributed by atoms with Crippen molar-refractivity contribution in [2.24, 2.45) is 11.7 Å². The van der Waals surface area contributed by atoms with Crippen LogP contribution in [0.5, 0.6) is 0 Å². The first-order chi connectivity index (χ1) is 6.61. The van der Waals surface area contributed by atoms with Gasteiger partial charge >= 0.3 is 0 Å². The maximum atomic E-state index is 11.4. The van der Waals surface area contributed by atoms with E-state index in [0.717, 1.165) is 0 Å². The fraction of sp³-hybridized carbons (Fsp3) is 0.900. The van der Waals surface area contributed by atoms with Crippen LogP contribution in [-0.2, 0) is 4.79 Å². The molecule has 3 N–H and O–H groups in total. The predicted molar refractivity (Wildman–Crippen MR) is 56.9 cm³/mol. The highest BCUT2D eigenvalue weighted by Crippen LogP contribution is 2.35. The minimum absolute atomic E-state index is 0.0617. The molecule has 4 heteroatoms. The number of likely N-dealkylation sites (N-methyl/N-ethyl adjacent to an activating group) is 2. The van der Waals surface area contributed by atoms with Gasteiger partial charge in [0.15, 0.2) is 0 Å². The fourth-order valence-electron chi connectivity index (χ4n) is 1.85. The molecule has 82 valence electrons. The molecule has 1 fully saturated rings. The zero-order valence-corrected chi connectivity index (χ0v) is 9.29. The second-order valence-corrected chi connectivity index (χ2v) is 4.10. The van der Waals surface area contributed by atoms with Crippen LogP contribution in [0.3, 0.4) is 0 Å². The first-order valence-corrected chi connectivity index (χ1v) is 5.25. The van der Waals surface area contributed by atoms with Crippen LogP contribution in [0.15, 0.2) is 0 Å². The Hall–Kier alpha value is -0.610. The highest BCUT2D eigenvalue weighted by atomic mass is 16.2. The summed E-state index contributed by atoms with van der Waals surface area (Å²) < 4.78 is 0. The van der Waals surface area contributed by atoms with Gasteiger partial charge in [-0.05, 0) is 32.7 Å². The fourth-order valence-corrected chi connectivity index (χ4v) is 1.85. The molecule has 1 aliphatic carbocycles. The van der Waals surface area contributed by atoms with Crippen molar-refractivity contribution in [1.82, 2.24) is 10.2 Å². The van der Waals surface area contributed by atoms with Gasteiger partial charge in [0.25, 0.3) is 0 Å². The normalized spacial score (nSPS) is 20.6. The SMILES string of the molecule is CNC(=O)C(C)N(C)C(CN)C1CC1. The van der Waals surface area contributed by atoms with E-state index in [2.05, 4.69) is 10.2 Å². The third-order valence-corrected chi connectivity index (χ3v) is 3.17. The molecular formula is C10H21N3O. The number of hydrogen-bond acceptors (Lipinski definition) is 3. The standard InChI is InChI=1S/C10H21N3O/c1-7(10(14)12-2)13(3)9(6-11)8-4-5-8/h7-9H,4-6,11H2,1-3H3,(H,12,14). The van der Waals surface area contributed by atoms with Crippen molar-refractivity contribution in [2.45, 2.75) is 31.8 Å². The first-order valence-electron chi connectivity index (χ1n) is 5.25. The van der Waals surface area contributed by atoms with Gasteiger partial charge in [0.05, 0.1) is 6.04 Å². The van der Waals surface area contributed by atoms with Crippen LogP contribution in [0.2, 0.25) is 0 Å². The Bertz CT molecular complexity index is 204. The smallest absolute Gasteiger partial charge is 0.236 e. The van der Waals surface area contributed by atoms with Gasteiger partial charge in [0.2, 0.25) is 5.91 Å². The summed E-state index contributed by atoms with van der Waals surface area (Å²) in [4.78, 5) is 13.5. The van der Waals surface area contributed by atoms with E-state index in [-0.39, 0.29) is 11.9 Å². The molecular weight excluding hydrogens is 178 g/mol. The second-order valence-electron chi connectivity index (χ2n) is 4.10. The van der Waals surface area contributed by atoms with Crippen molar-refractivity contribution in [3.8, 4) is 0 Å². The summed E-state index contributed by atoms with van der Waals surface area (Å²) in [7, 11) is 3.65. The van der Waals surface area contributed by atoms with E-state index in [1.165, 1.54) is 12.8 Å². The van der Waals surface area contributed by atoms with E-state index in [1.54, 1.807) is 7.05 Å². The number of rotatable bonds is 5. The molecule has 1 aliphatic rings. The van der Waals surface area contributed by atoms with Gasteiger partial charge < -0.3 is 11.1 Å². The number of amides is 1. The number of nitrogens with two attached hydrogens (primary N) is 1. The number of nitrogens with zero attached hydrogens (tertiary/aromatic N) is 1. The van der Waals surface area contributed by atoms with Gasteiger partial charge in [-0.15, -0.1) is 0 Å². The van der Waals surface area contributed by atoms with E-state index >= 15 is 0 Å². The van der Waals surface area contributed by atoms with E-state index in [1.807, 2.05) is 14.0 Å². The lowest BCUT2D eigenvalue weighted by molar-refractivity contribution is -0.125. The minimum Gasteiger partial charge on any atom is -0.358 e. The Kier molecular flexibility index (Phi) is 3.89. The van der Waals surface area contributed by atoms with Crippen molar-refractivity contribution >= 4 is 5.91 Å². The summed E-state index contributed by atoms with van der Waals surface area (Å²) >= 11 is 0. The lowest BCUT2D eigenvalue weighted by Crippen LogP contribution is -2.50. The molecule has 1 rings (SSSR count). The Morgan fingerprint density at radius 3 is 2.57 bits per heavy atom. The molecule has 0 aromatic heterocycles. The zero-order chi connectivity index (χ0) is 10.7. The molecule has 0 aliphatic heterocycles. The van der Waals surface area contributed by atoms with Gasteiger partial charge in [-0.25, -0.2) is 0 Å². The zero-order valence-electron chi connectivity index (χ0n) is 9.29.